The van der Waals surface area contributed by atoms with Crippen LogP contribution in [0.1, 0.15) is 10.4 Å². The Labute approximate surface area is 171 Å². The lowest BCUT2D eigenvalue weighted by molar-refractivity contribution is 0.102. The lowest BCUT2D eigenvalue weighted by Crippen LogP contribution is -2.38. The predicted octanol–water partition coefficient (Wildman–Crippen LogP) is 3.78. The molecular weight excluding hydrogens is 386 g/mol. The van der Waals surface area contributed by atoms with Gasteiger partial charge in [-0.15, -0.1) is 11.3 Å². The van der Waals surface area contributed by atoms with E-state index in [1.54, 1.807) is 29.7 Å². The number of benzene rings is 1. The molecule has 8 heteroatoms. The fourth-order valence-electron chi connectivity index (χ4n) is 3.42. The summed E-state index contributed by atoms with van der Waals surface area (Å²) in [7, 11) is 0. The number of pyridine rings is 1. The number of hydrogen-bond acceptors (Lipinski definition) is 6. The van der Waals surface area contributed by atoms with Crippen molar-refractivity contribution in [2.75, 3.05) is 36.5 Å². The van der Waals surface area contributed by atoms with E-state index in [1.807, 2.05) is 35.7 Å². The normalized spacial score (nSPS) is 14.3. The van der Waals surface area contributed by atoms with Crippen LogP contribution in [0.15, 0.2) is 54.0 Å². The van der Waals surface area contributed by atoms with Crippen molar-refractivity contribution < 1.29 is 9.53 Å². The molecule has 0 aliphatic carbocycles. The van der Waals surface area contributed by atoms with Crippen molar-refractivity contribution in [2.45, 2.75) is 0 Å². The van der Waals surface area contributed by atoms with Gasteiger partial charge in [0.25, 0.3) is 5.91 Å². The lowest BCUT2D eigenvalue weighted by Gasteiger charge is -2.29. The van der Waals surface area contributed by atoms with Crippen LogP contribution in [0.5, 0.6) is 0 Å². The molecule has 0 atom stereocenters. The van der Waals surface area contributed by atoms with Gasteiger partial charge in [-0.2, -0.15) is 0 Å². The van der Waals surface area contributed by atoms with E-state index in [9.17, 15) is 4.79 Å². The second-order valence-corrected chi connectivity index (χ2v) is 7.67. The fourth-order valence-corrected chi connectivity index (χ4v) is 4.09. The maximum Gasteiger partial charge on any atom is 0.259 e. The minimum atomic E-state index is -0.183. The predicted molar refractivity (Wildman–Crippen MR) is 115 cm³/mol. The molecule has 4 aromatic rings. The topological polar surface area (TPSA) is 83.1 Å². The molecular formula is C21H19N5O2S. The number of aromatic nitrogens is 3. The number of anilines is 2. The molecule has 0 unspecified atom stereocenters. The van der Waals surface area contributed by atoms with Crippen molar-refractivity contribution in [1.29, 1.82) is 0 Å². The molecule has 7 nitrogen and oxygen atoms in total. The van der Waals surface area contributed by atoms with Crippen LogP contribution < -0.4 is 10.2 Å². The van der Waals surface area contributed by atoms with Gasteiger partial charge in [0.1, 0.15) is 11.6 Å². The van der Waals surface area contributed by atoms with Gasteiger partial charge in [-0.1, -0.05) is 6.07 Å². The zero-order chi connectivity index (χ0) is 19.6. The van der Waals surface area contributed by atoms with Gasteiger partial charge in [0.2, 0.25) is 0 Å². The second-order valence-electron chi connectivity index (χ2n) is 6.72. The minimum absolute atomic E-state index is 0.183. The Kier molecular flexibility index (Phi) is 4.71. The van der Waals surface area contributed by atoms with E-state index in [1.165, 1.54) is 0 Å². The van der Waals surface area contributed by atoms with E-state index in [4.69, 9.17) is 4.74 Å². The molecule has 5 rings (SSSR count). The summed E-state index contributed by atoms with van der Waals surface area (Å²) in [4.78, 5) is 28.5. The molecule has 1 aromatic carbocycles. The maximum atomic E-state index is 13.0. The molecule has 0 radical (unpaired) electrons. The molecule has 1 aliphatic heterocycles. The summed E-state index contributed by atoms with van der Waals surface area (Å²) in [5.41, 5.74) is 3.01. The van der Waals surface area contributed by atoms with Crippen LogP contribution >= 0.6 is 11.3 Å². The Morgan fingerprint density at radius 1 is 1.17 bits per heavy atom. The second kappa shape index (κ2) is 7.65. The summed E-state index contributed by atoms with van der Waals surface area (Å²) in [5, 5.41) is 5.01. The van der Waals surface area contributed by atoms with E-state index < -0.39 is 0 Å². The first kappa shape index (κ1) is 17.8. The largest absolute Gasteiger partial charge is 0.378 e. The third-order valence-electron chi connectivity index (χ3n) is 4.84. The number of carbonyl (C=O) groups excluding carboxylic acids is 1. The summed E-state index contributed by atoms with van der Waals surface area (Å²) in [5.74, 6) is 1.34. The highest BCUT2D eigenvalue weighted by atomic mass is 32.1. The van der Waals surface area contributed by atoms with Gasteiger partial charge in [0.05, 0.1) is 34.7 Å². The van der Waals surface area contributed by atoms with Gasteiger partial charge in [0, 0.05) is 25.0 Å². The number of aromatic amines is 1. The van der Waals surface area contributed by atoms with E-state index in [0.29, 0.717) is 30.3 Å². The molecule has 4 heterocycles. The Hall–Kier alpha value is -3.23. The Bertz CT molecular complexity index is 1150. The number of imidazole rings is 1. The van der Waals surface area contributed by atoms with Gasteiger partial charge < -0.3 is 19.9 Å². The monoisotopic (exact) mass is 405 g/mol. The van der Waals surface area contributed by atoms with Crippen LogP contribution in [-0.2, 0) is 4.74 Å². The van der Waals surface area contributed by atoms with Gasteiger partial charge >= 0.3 is 0 Å². The number of rotatable bonds is 4. The number of H-pyrrole nitrogens is 1. The summed E-state index contributed by atoms with van der Waals surface area (Å²) >= 11 is 1.63. The number of nitrogens with one attached hydrogen (secondary N) is 2. The molecule has 0 saturated carbocycles. The molecule has 29 heavy (non-hydrogen) atoms. The number of thiophene rings is 1. The molecule has 1 amide bonds. The highest BCUT2D eigenvalue weighted by molar-refractivity contribution is 7.13. The minimum Gasteiger partial charge on any atom is -0.378 e. The number of carbonyl (C=O) groups is 1. The summed E-state index contributed by atoms with van der Waals surface area (Å²) in [6.45, 7) is 2.73. The average Bonchev–Trinajstić information content (AvgIpc) is 3.44. The van der Waals surface area contributed by atoms with Crippen LogP contribution in [0.2, 0.25) is 0 Å². The zero-order valence-corrected chi connectivity index (χ0v) is 16.4. The standard InChI is InChI=1S/C21H19N5O2S/c27-21(15-3-1-7-22-20(15)26-8-10-28-11-9-26)23-14-5-6-16-17(13-14)25-19(24-16)18-4-2-12-29-18/h1-7,12-13H,8-11H2,(H,23,27)(H,24,25). The third kappa shape index (κ3) is 3.59. The summed E-state index contributed by atoms with van der Waals surface area (Å²) < 4.78 is 5.41. The van der Waals surface area contributed by atoms with Gasteiger partial charge in [-0.25, -0.2) is 9.97 Å². The first-order chi connectivity index (χ1) is 14.3. The number of fused-ring (bicyclic) bond motifs is 1. The molecule has 0 bridgehead atoms. The van der Waals surface area contributed by atoms with Crippen LogP contribution in [0.3, 0.4) is 0 Å². The summed E-state index contributed by atoms with van der Waals surface area (Å²) in [6, 6.07) is 13.3. The maximum absolute atomic E-state index is 13.0. The molecule has 146 valence electrons. The number of nitrogens with zero attached hydrogens (tertiary/aromatic N) is 3. The molecule has 1 aliphatic rings. The van der Waals surface area contributed by atoms with Gasteiger partial charge in [-0.3, -0.25) is 4.79 Å². The fraction of sp³-hybridized carbons (Fsp3) is 0.190. The number of hydrogen-bond donors (Lipinski definition) is 2. The van der Waals surface area contributed by atoms with E-state index in [2.05, 4.69) is 25.2 Å². The molecule has 1 saturated heterocycles. The lowest BCUT2D eigenvalue weighted by atomic mass is 10.2. The quantitative estimate of drug-likeness (QED) is 0.540. The van der Waals surface area contributed by atoms with Crippen molar-refractivity contribution in [1.82, 2.24) is 15.0 Å². The van der Waals surface area contributed by atoms with Crippen molar-refractivity contribution in [3.8, 4) is 10.7 Å². The summed E-state index contributed by atoms with van der Waals surface area (Å²) in [6.07, 6.45) is 1.71. The zero-order valence-electron chi connectivity index (χ0n) is 15.6. The Balaban J connectivity index is 1.40. The highest BCUT2D eigenvalue weighted by Gasteiger charge is 2.20. The van der Waals surface area contributed by atoms with Crippen molar-refractivity contribution in [2.24, 2.45) is 0 Å². The first-order valence-electron chi connectivity index (χ1n) is 9.41. The van der Waals surface area contributed by atoms with E-state index in [-0.39, 0.29) is 5.91 Å². The SMILES string of the molecule is O=C(Nc1ccc2nc(-c3cccs3)[nH]c2c1)c1cccnc1N1CCOCC1. The van der Waals surface area contributed by atoms with Gasteiger partial charge in [-0.05, 0) is 41.8 Å². The van der Waals surface area contributed by atoms with Crippen molar-refractivity contribution in [3.05, 3.63) is 59.6 Å². The molecule has 0 spiro atoms. The first-order valence-corrected chi connectivity index (χ1v) is 10.3. The van der Waals surface area contributed by atoms with Gasteiger partial charge in [0.15, 0.2) is 0 Å². The number of amides is 1. The highest BCUT2D eigenvalue weighted by Crippen LogP contribution is 2.26. The van der Waals surface area contributed by atoms with E-state index in [0.717, 1.165) is 34.8 Å². The van der Waals surface area contributed by atoms with Crippen molar-refractivity contribution >= 4 is 39.8 Å². The van der Waals surface area contributed by atoms with Crippen LogP contribution in [0.4, 0.5) is 11.5 Å². The Morgan fingerprint density at radius 3 is 2.90 bits per heavy atom. The van der Waals surface area contributed by atoms with Crippen LogP contribution in [0.25, 0.3) is 21.7 Å². The third-order valence-corrected chi connectivity index (χ3v) is 5.71. The van der Waals surface area contributed by atoms with Crippen LogP contribution in [-0.4, -0.2) is 47.2 Å². The van der Waals surface area contributed by atoms with Crippen molar-refractivity contribution in [3.63, 3.8) is 0 Å². The number of ether oxygens (including phenoxy) is 1. The molecule has 3 aromatic heterocycles. The average molecular weight is 405 g/mol. The smallest absolute Gasteiger partial charge is 0.259 e. The Morgan fingerprint density at radius 2 is 2.07 bits per heavy atom. The number of morpholine rings is 1. The molecule has 1 fully saturated rings. The van der Waals surface area contributed by atoms with Crippen LogP contribution in [0, 0.1) is 0 Å². The molecule has 2 N–H and O–H groups in total. The van der Waals surface area contributed by atoms with E-state index >= 15 is 0 Å².